The van der Waals surface area contributed by atoms with E-state index < -0.39 is 0 Å². The zero-order valence-electron chi connectivity index (χ0n) is 10.5. The van der Waals surface area contributed by atoms with Crippen molar-refractivity contribution in [2.24, 2.45) is 5.92 Å². The van der Waals surface area contributed by atoms with Crippen LogP contribution < -0.4 is 10.6 Å². The van der Waals surface area contributed by atoms with Crippen LogP contribution in [0.15, 0.2) is 12.4 Å². The van der Waals surface area contributed by atoms with E-state index in [0.717, 1.165) is 37.8 Å². The summed E-state index contributed by atoms with van der Waals surface area (Å²) in [6.45, 7) is 4.87. The number of piperidine rings is 1. The predicted molar refractivity (Wildman–Crippen MR) is 68.2 cm³/mol. The van der Waals surface area contributed by atoms with E-state index in [1.807, 2.05) is 17.1 Å². The van der Waals surface area contributed by atoms with E-state index in [-0.39, 0.29) is 0 Å². The number of aromatic nitrogens is 2. The van der Waals surface area contributed by atoms with E-state index in [9.17, 15) is 0 Å². The summed E-state index contributed by atoms with van der Waals surface area (Å²) in [6.07, 6.45) is 6.46. The van der Waals surface area contributed by atoms with Crippen LogP contribution >= 0.6 is 0 Å². The number of nitrogens with one attached hydrogen (secondary N) is 2. The van der Waals surface area contributed by atoms with Gasteiger partial charge in [0.25, 0.3) is 0 Å². The van der Waals surface area contributed by atoms with Crippen molar-refractivity contribution in [1.29, 1.82) is 0 Å². The Balaban J connectivity index is 1.72. The summed E-state index contributed by atoms with van der Waals surface area (Å²) < 4.78 is 6.93. The van der Waals surface area contributed by atoms with Gasteiger partial charge in [0.05, 0.1) is 25.0 Å². The van der Waals surface area contributed by atoms with E-state index in [1.165, 1.54) is 12.8 Å². The predicted octanol–water partition coefficient (Wildman–Crippen LogP) is 0.941. The fraction of sp³-hybridized carbons (Fsp3) is 0.750. The summed E-state index contributed by atoms with van der Waals surface area (Å²) >= 11 is 0. The van der Waals surface area contributed by atoms with Crippen LogP contribution in [0.4, 0.5) is 5.69 Å². The fourth-order valence-electron chi connectivity index (χ4n) is 2.11. The first kappa shape index (κ1) is 12.4. The monoisotopic (exact) mass is 238 g/mol. The molecule has 5 nitrogen and oxygen atoms in total. The van der Waals surface area contributed by atoms with Gasteiger partial charge in [0.1, 0.15) is 0 Å². The molecule has 1 saturated heterocycles. The summed E-state index contributed by atoms with van der Waals surface area (Å²) in [4.78, 5) is 0. The van der Waals surface area contributed by atoms with Crippen molar-refractivity contribution in [2.75, 3.05) is 38.7 Å². The molecule has 96 valence electrons. The van der Waals surface area contributed by atoms with E-state index in [4.69, 9.17) is 4.74 Å². The fourth-order valence-corrected chi connectivity index (χ4v) is 2.11. The van der Waals surface area contributed by atoms with Crippen LogP contribution in [0.5, 0.6) is 0 Å². The highest BCUT2D eigenvalue weighted by Crippen LogP contribution is 2.13. The standard InChI is InChI=1S/C12H22N4O/c1-17-7-6-16-10-12(9-15-16)14-8-11-2-4-13-5-3-11/h9-11,13-14H,2-8H2,1H3. The van der Waals surface area contributed by atoms with Crippen LogP contribution in [0.1, 0.15) is 12.8 Å². The van der Waals surface area contributed by atoms with Crippen LogP contribution in [0.2, 0.25) is 0 Å². The van der Waals surface area contributed by atoms with Crippen molar-refractivity contribution in [3.63, 3.8) is 0 Å². The second kappa shape index (κ2) is 6.61. The molecule has 17 heavy (non-hydrogen) atoms. The Morgan fingerprint density at radius 3 is 3.12 bits per heavy atom. The minimum atomic E-state index is 0.704. The third-order valence-corrected chi connectivity index (χ3v) is 3.21. The SMILES string of the molecule is COCCn1cc(NCC2CCNCC2)cn1. The largest absolute Gasteiger partial charge is 0.383 e. The molecule has 0 spiro atoms. The zero-order chi connectivity index (χ0) is 11.9. The Hall–Kier alpha value is -1.07. The molecule has 5 heteroatoms. The molecule has 2 N–H and O–H groups in total. The molecule has 2 heterocycles. The van der Waals surface area contributed by atoms with E-state index >= 15 is 0 Å². The molecule has 0 aliphatic carbocycles. The van der Waals surface area contributed by atoms with E-state index in [0.29, 0.717) is 6.61 Å². The molecule has 0 aromatic carbocycles. The Morgan fingerprint density at radius 2 is 2.35 bits per heavy atom. The Morgan fingerprint density at radius 1 is 1.53 bits per heavy atom. The topological polar surface area (TPSA) is 51.1 Å². The molecule has 1 fully saturated rings. The second-order valence-electron chi connectivity index (χ2n) is 4.56. The van der Waals surface area contributed by atoms with Gasteiger partial charge < -0.3 is 15.4 Å². The summed E-state index contributed by atoms with van der Waals surface area (Å²) in [5.41, 5.74) is 1.11. The van der Waals surface area contributed by atoms with Crippen molar-refractivity contribution in [3.05, 3.63) is 12.4 Å². The first-order valence-electron chi connectivity index (χ1n) is 6.34. The lowest BCUT2D eigenvalue weighted by atomic mass is 9.98. The molecule has 2 rings (SSSR count). The summed E-state index contributed by atoms with van der Waals surface area (Å²) in [5.74, 6) is 0.790. The van der Waals surface area contributed by atoms with Gasteiger partial charge in [0.15, 0.2) is 0 Å². The van der Waals surface area contributed by atoms with Gasteiger partial charge >= 0.3 is 0 Å². The van der Waals surface area contributed by atoms with Gasteiger partial charge in [-0.1, -0.05) is 0 Å². The van der Waals surface area contributed by atoms with Gasteiger partial charge in [-0.15, -0.1) is 0 Å². The smallest absolute Gasteiger partial charge is 0.0726 e. The number of rotatable bonds is 6. The number of hydrogen-bond acceptors (Lipinski definition) is 4. The lowest BCUT2D eigenvalue weighted by Gasteiger charge is -2.22. The number of nitrogens with zero attached hydrogens (tertiary/aromatic N) is 2. The molecule has 0 amide bonds. The number of ether oxygens (including phenoxy) is 1. The third-order valence-electron chi connectivity index (χ3n) is 3.21. The molecule has 1 aromatic heterocycles. The zero-order valence-corrected chi connectivity index (χ0v) is 10.5. The number of anilines is 1. The van der Waals surface area contributed by atoms with Crippen molar-refractivity contribution in [1.82, 2.24) is 15.1 Å². The van der Waals surface area contributed by atoms with Crippen LogP contribution in [0, 0.1) is 5.92 Å². The van der Waals surface area contributed by atoms with Gasteiger partial charge in [-0.3, -0.25) is 4.68 Å². The molecule has 0 radical (unpaired) electrons. The maximum atomic E-state index is 5.02. The van der Waals surface area contributed by atoms with Crippen molar-refractivity contribution in [3.8, 4) is 0 Å². The highest BCUT2D eigenvalue weighted by Gasteiger charge is 2.12. The van der Waals surface area contributed by atoms with Gasteiger partial charge in [0.2, 0.25) is 0 Å². The lowest BCUT2D eigenvalue weighted by Crippen LogP contribution is -2.31. The van der Waals surface area contributed by atoms with Crippen molar-refractivity contribution >= 4 is 5.69 Å². The third kappa shape index (κ3) is 4.02. The first-order chi connectivity index (χ1) is 8.38. The quantitative estimate of drug-likeness (QED) is 0.774. The average molecular weight is 238 g/mol. The van der Waals surface area contributed by atoms with Crippen molar-refractivity contribution in [2.45, 2.75) is 19.4 Å². The van der Waals surface area contributed by atoms with Gasteiger partial charge in [-0.05, 0) is 31.8 Å². The molecular weight excluding hydrogens is 216 g/mol. The number of hydrogen-bond donors (Lipinski definition) is 2. The van der Waals surface area contributed by atoms with Crippen LogP contribution in [-0.2, 0) is 11.3 Å². The van der Waals surface area contributed by atoms with Gasteiger partial charge in [0, 0.05) is 19.9 Å². The van der Waals surface area contributed by atoms with Crippen LogP contribution in [0.25, 0.3) is 0 Å². The molecule has 1 aliphatic heterocycles. The molecule has 1 aromatic rings. The first-order valence-corrected chi connectivity index (χ1v) is 6.34. The Bertz CT molecular complexity index is 320. The number of methoxy groups -OCH3 is 1. The van der Waals surface area contributed by atoms with Gasteiger partial charge in [-0.25, -0.2) is 0 Å². The Kier molecular flexibility index (Phi) is 4.82. The van der Waals surface area contributed by atoms with Crippen molar-refractivity contribution < 1.29 is 4.74 Å². The highest BCUT2D eigenvalue weighted by molar-refractivity contribution is 5.38. The minimum Gasteiger partial charge on any atom is -0.383 e. The molecule has 0 bridgehead atoms. The molecule has 1 aliphatic rings. The van der Waals surface area contributed by atoms with Gasteiger partial charge in [-0.2, -0.15) is 5.10 Å². The molecule has 0 atom stereocenters. The molecular formula is C12H22N4O. The minimum absolute atomic E-state index is 0.704. The summed E-state index contributed by atoms with van der Waals surface area (Å²) in [7, 11) is 1.71. The van der Waals surface area contributed by atoms with E-state index in [2.05, 4.69) is 15.7 Å². The molecule has 0 unspecified atom stereocenters. The van der Waals surface area contributed by atoms with Crippen LogP contribution in [-0.4, -0.2) is 43.1 Å². The lowest BCUT2D eigenvalue weighted by molar-refractivity contribution is 0.183. The summed E-state index contributed by atoms with van der Waals surface area (Å²) in [5, 5.41) is 11.1. The maximum Gasteiger partial charge on any atom is 0.0726 e. The van der Waals surface area contributed by atoms with E-state index in [1.54, 1.807) is 7.11 Å². The average Bonchev–Trinajstić information content (AvgIpc) is 2.83. The maximum absolute atomic E-state index is 5.02. The highest BCUT2D eigenvalue weighted by atomic mass is 16.5. The normalized spacial score (nSPS) is 17.2. The molecule has 0 saturated carbocycles. The summed E-state index contributed by atoms with van der Waals surface area (Å²) in [6, 6.07) is 0. The van der Waals surface area contributed by atoms with Crippen LogP contribution in [0.3, 0.4) is 0 Å². The Labute approximate surface area is 103 Å². The second-order valence-corrected chi connectivity index (χ2v) is 4.56.